The first-order valence-electron chi connectivity index (χ1n) is 9.95. The van der Waals surface area contributed by atoms with Gasteiger partial charge in [0.1, 0.15) is 0 Å². The van der Waals surface area contributed by atoms with Crippen LogP contribution in [-0.4, -0.2) is 7.05 Å². The molecule has 0 aromatic heterocycles. The van der Waals surface area contributed by atoms with Gasteiger partial charge in [-0.25, -0.2) is 0 Å². The SMILES string of the molecule is CC(C)c1cc(-c2ccccc2)cc(C(C)C)c1CN(C)c1ccccc1. The molecular weight excluding hydrogens is 326 g/mol. The van der Waals surface area contributed by atoms with Crippen molar-refractivity contribution in [3.63, 3.8) is 0 Å². The van der Waals surface area contributed by atoms with E-state index in [1.165, 1.54) is 33.5 Å². The Morgan fingerprint density at radius 1 is 0.667 bits per heavy atom. The molecule has 27 heavy (non-hydrogen) atoms. The molecule has 0 atom stereocenters. The predicted octanol–water partition coefficient (Wildman–Crippen LogP) is 7.24. The molecule has 3 aromatic carbocycles. The minimum atomic E-state index is 0.491. The Labute approximate surface area is 164 Å². The first-order valence-corrected chi connectivity index (χ1v) is 9.95. The molecule has 0 unspecified atom stereocenters. The van der Waals surface area contributed by atoms with E-state index in [1.807, 2.05) is 0 Å². The van der Waals surface area contributed by atoms with E-state index >= 15 is 0 Å². The lowest BCUT2D eigenvalue weighted by Crippen LogP contribution is -2.19. The summed E-state index contributed by atoms with van der Waals surface area (Å²) in [6.07, 6.45) is 0. The lowest BCUT2D eigenvalue weighted by atomic mass is 9.85. The lowest BCUT2D eigenvalue weighted by molar-refractivity contribution is 0.780. The molecule has 0 heterocycles. The fourth-order valence-corrected chi connectivity index (χ4v) is 3.74. The summed E-state index contributed by atoms with van der Waals surface area (Å²) in [5.41, 5.74) is 8.28. The number of nitrogens with zero attached hydrogens (tertiary/aromatic N) is 1. The zero-order chi connectivity index (χ0) is 19.4. The van der Waals surface area contributed by atoms with Crippen molar-refractivity contribution in [3.05, 3.63) is 89.5 Å². The normalized spacial score (nSPS) is 11.2. The summed E-state index contributed by atoms with van der Waals surface area (Å²) in [7, 11) is 2.19. The van der Waals surface area contributed by atoms with Crippen molar-refractivity contribution in [3.8, 4) is 11.1 Å². The van der Waals surface area contributed by atoms with Gasteiger partial charge in [0.15, 0.2) is 0 Å². The highest BCUT2D eigenvalue weighted by atomic mass is 15.1. The monoisotopic (exact) mass is 357 g/mol. The Hall–Kier alpha value is -2.54. The largest absolute Gasteiger partial charge is 0.370 e. The van der Waals surface area contributed by atoms with Crippen molar-refractivity contribution in [1.82, 2.24) is 0 Å². The Kier molecular flexibility index (Phi) is 6.01. The van der Waals surface area contributed by atoms with Crippen LogP contribution >= 0.6 is 0 Å². The van der Waals surface area contributed by atoms with Gasteiger partial charge in [0.2, 0.25) is 0 Å². The maximum atomic E-state index is 2.40. The molecule has 0 spiro atoms. The van der Waals surface area contributed by atoms with Gasteiger partial charge in [0.05, 0.1) is 0 Å². The molecule has 0 aliphatic carbocycles. The highest BCUT2D eigenvalue weighted by molar-refractivity contribution is 5.67. The average Bonchev–Trinajstić information content (AvgIpc) is 2.69. The molecule has 0 aliphatic heterocycles. The van der Waals surface area contributed by atoms with Crippen LogP contribution in [0.3, 0.4) is 0 Å². The third-order valence-electron chi connectivity index (χ3n) is 5.26. The van der Waals surface area contributed by atoms with E-state index in [9.17, 15) is 0 Å². The van der Waals surface area contributed by atoms with Crippen LogP contribution in [0.15, 0.2) is 72.8 Å². The first-order chi connectivity index (χ1) is 13.0. The maximum Gasteiger partial charge on any atom is 0.0431 e. The highest BCUT2D eigenvalue weighted by Crippen LogP contribution is 2.34. The van der Waals surface area contributed by atoms with E-state index in [-0.39, 0.29) is 0 Å². The van der Waals surface area contributed by atoms with Crippen LogP contribution in [0.5, 0.6) is 0 Å². The van der Waals surface area contributed by atoms with Crippen LogP contribution in [0, 0.1) is 0 Å². The molecule has 1 heteroatoms. The number of hydrogen-bond acceptors (Lipinski definition) is 1. The molecule has 0 radical (unpaired) electrons. The van der Waals surface area contributed by atoms with E-state index in [0.29, 0.717) is 11.8 Å². The van der Waals surface area contributed by atoms with Gasteiger partial charge in [-0.15, -0.1) is 0 Å². The quantitative estimate of drug-likeness (QED) is 0.449. The van der Waals surface area contributed by atoms with Crippen molar-refractivity contribution in [2.24, 2.45) is 0 Å². The van der Waals surface area contributed by atoms with Gasteiger partial charge in [-0.3, -0.25) is 0 Å². The molecule has 3 aromatic rings. The van der Waals surface area contributed by atoms with Crippen molar-refractivity contribution >= 4 is 5.69 Å². The summed E-state index contributed by atoms with van der Waals surface area (Å²) in [6, 6.07) is 26.2. The third-order valence-corrected chi connectivity index (χ3v) is 5.26. The van der Waals surface area contributed by atoms with Gasteiger partial charge in [-0.1, -0.05) is 88.4 Å². The van der Waals surface area contributed by atoms with Crippen molar-refractivity contribution < 1.29 is 0 Å². The second kappa shape index (κ2) is 8.43. The van der Waals surface area contributed by atoms with Crippen molar-refractivity contribution in [2.45, 2.75) is 46.1 Å². The Balaban J connectivity index is 2.09. The number of rotatable bonds is 6. The molecule has 0 amide bonds. The van der Waals surface area contributed by atoms with Crippen LogP contribution in [0.25, 0.3) is 11.1 Å². The number of benzene rings is 3. The maximum absolute atomic E-state index is 2.40. The summed E-state index contributed by atoms with van der Waals surface area (Å²) in [5, 5.41) is 0. The summed E-state index contributed by atoms with van der Waals surface area (Å²) in [4.78, 5) is 2.36. The summed E-state index contributed by atoms with van der Waals surface area (Å²) < 4.78 is 0. The van der Waals surface area contributed by atoms with E-state index in [2.05, 4.69) is 112 Å². The standard InChI is InChI=1S/C26H31N/c1-19(2)24-16-22(21-12-8-6-9-13-21)17-25(20(3)4)26(24)18-27(5)23-14-10-7-11-15-23/h6-17,19-20H,18H2,1-5H3. The summed E-state index contributed by atoms with van der Waals surface area (Å²) in [5.74, 6) is 0.982. The van der Waals surface area contributed by atoms with Crippen LogP contribution in [0.1, 0.15) is 56.2 Å². The fraction of sp³-hybridized carbons (Fsp3) is 0.308. The van der Waals surface area contributed by atoms with E-state index in [4.69, 9.17) is 0 Å². The third kappa shape index (κ3) is 4.42. The second-order valence-corrected chi connectivity index (χ2v) is 8.00. The fourth-order valence-electron chi connectivity index (χ4n) is 3.74. The molecule has 0 N–H and O–H groups in total. The number of hydrogen-bond donors (Lipinski definition) is 0. The smallest absolute Gasteiger partial charge is 0.0431 e. The minimum Gasteiger partial charge on any atom is -0.370 e. The Morgan fingerprint density at radius 3 is 1.63 bits per heavy atom. The lowest BCUT2D eigenvalue weighted by Gasteiger charge is -2.27. The molecule has 0 bridgehead atoms. The van der Waals surface area contributed by atoms with Gasteiger partial charge in [0.25, 0.3) is 0 Å². The number of para-hydroxylation sites is 1. The molecule has 0 aliphatic rings. The number of anilines is 1. The van der Waals surface area contributed by atoms with Gasteiger partial charge in [0, 0.05) is 19.3 Å². The van der Waals surface area contributed by atoms with Crippen molar-refractivity contribution in [2.75, 3.05) is 11.9 Å². The summed E-state index contributed by atoms with van der Waals surface area (Å²) >= 11 is 0. The van der Waals surface area contributed by atoms with E-state index in [1.54, 1.807) is 0 Å². The van der Waals surface area contributed by atoms with Gasteiger partial charge < -0.3 is 4.90 Å². The minimum absolute atomic E-state index is 0.491. The van der Waals surface area contributed by atoms with Gasteiger partial charge >= 0.3 is 0 Å². The second-order valence-electron chi connectivity index (χ2n) is 8.00. The van der Waals surface area contributed by atoms with Crippen LogP contribution in [0.2, 0.25) is 0 Å². The average molecular weight is 358 g/mol. The van der Waals surface area contributed by atoms with E-state index < -0.39 is 0 Å². The zero-order valence-corrected chi connectivity index (χ0v) is 17.2. The molecular formula is C26H31N. The molecule has 3 rings (SSSR count). The Bertz CT molecular complexity index is 834. The van der Waals surface area contributed by atoms with Crippen LogP contribution in [-0.2, 0) is 6.54 Å². The summed E-state index contributed by atoms with van der Waals surface area (Å²) in [6.45, 7) is 10.2. The van der Waals surface area contributed by atoms with Crippen molar-refractivity contribution in [1.29, 1.82) is 0 Å². The van der Waals surface area contributed by atoms with Gasteiger partial charge in [-0.05, 0) is 51.8 Å². The topological polar surface area (TPSA) is 3.24 Å². The predicted molar refractivity (Wildman–Crippen MR) is 119 cm³/mol. The molecule has 1 nitrogen and oxygen atoms in total. The molecule has 0 saturated carbocycles. The van der Waals surface area contributed by atoms with Gasteiger partial charge in [-0.2, -0.15) is 0 Å². The molecule has 0 saturated heterocycles. The highest BCUT2D eigenvalue weighted by Gasteiger charge is 2.18. The van der Waals surface area contributed by atoms with E-state index in [0.717, 1.165) is 6.54 Å². The van der Waals surface area contributed by atoms with Crippen LogP contribution < -0.4 is 4.90 Å². The Morgan fingerprint density at radius 2 is 1.15 bits per heavy atom. The zero-order valence-electron chi connectivity index (χ0n) is 17.2. The molecule has 0 fully saturated rings. The van der Waals surface area contributed by atoms with Crippen LogP contribution in [0.4, 0.5) is 5.69 Å². The first kappa shape index (κ1) is 19.2. The molecule has 140 valence electrons.